The molecule has 2 aliphatic rings. The van der Waals surface area contributed by atoms with Crippen molar-refractivity contribution in [2.45, 2.75) is 44.6 Å². The molecular weight excluding hydrogens is 316 g/mol. The Morgan fingerprint density at radius 2 is 1.92 bits per heavy atom. The van der Waals surface area contributed by atoms with Crippen molar-refractivity contribution in [1.82, 2.24) is 9.80 Å². The topological polar surface area (TPSA) is 42.0 Å². The minimum Gasteiger partial charge on any atom is -0.497 e. The summed E-state index contributed by atoms with van der Waals surface area (Å²) in [5.74, 6) is 1.89. The van der Waals surface area contributed by atoms with Crippen LogP contribution in [0.25, 0.3) is 0 Å². The third-order valence-electron chi connectivity index (χ3n) is 5.46. The molecule has 0 N–H and O–H groups in total. The van der Waals surface area contributed by atoms with Crippen molar-refractivity contribution in [2.75, 3.05) is 40.4 Å². The number of hydrogen-bond donors (Lipinski definition) is 0. The summed E-state index contributed by atoms with van der Waals surface area (Å²) in [6, 6.07) is 6.16. The van der Waals surface area contributed by atoms with E-state index in [4.69, 9.17) is 9.47 Å². The highest BCUT2D eigenvalue weighted by molar-refractivity contribution is 5.77. The standard InChI is InChI=1S/C20H30N2O3/c1-24-18-8-9-19(25-2)16(14-18)7-10-20(23)22-13-5-6-17(22)15-21-11-3-4-12-21/h8-9,14,17H,3-7,10-13,15H2,1-2H3. The molecule has 1 aromatic carbocycles. The summed E-state index contributed by atoms with van der Waals surface area (Å²) in [4.78, 5) is 17.4. The van der Waals surface area contributed by atoms with E-state index >= 15 is 0 Å². The van der Waals surface area contributed by atoms with Gasteiger partial charge in [0.1, 0.15) is 11.5 Å². The van der Waals surface area contributed by atoms with E-state index in [1.807, 2.05) is 18.2 Å². The molecule has 0 radical (unpaired) electrons. The molecule has 25 heavy (non-hydrogen) atoms. The Kier molecular flexibility index (Phi) is 6.19. The number of nitrogens with zero attached hydrogens (tertiary/aromatic N) is 2. The fourth-order valence-electron chi connectivity index (χ4n) is 4.08. The van der Waals surface area contributed by atoms with Gasteiger partial charge in [-0.1, -0.05) is 0 Å². The number of rotatable bonds is 7. The quantitative estimate of drug-likeness (QED) is 0.761. The second-order valence-corrected chi connectivity index (χ2v) is 7.07. The normalized spacial score (nSPS) is 20.9. The first kappa shape index (κ1) is 18.1. The van der Waals surface area contributed by atoms with Crippen LogP contribution in [0, 0.1) is 0 Å². The van der Waals surface area contributed by atoms with Crippen LogP contribution >= 0.6 is 0 Å². The number of likely N-dealkylation sites (tertiary alicyclic amines) is 2. The minimum atomic E-state index is 0.270. The van der Waals surface area contributed by atoms with E-state index in [1.165, 1.54) is 25.9 Å². The summed E-state index contributed by atoms with van der Waals surface area (Å²) < 4.78 is 10.7. The van der Waals surface area contributed by atoms with Gasteiger partial charge in [0, 0.05) is 25.6 Å². The molecule has 0 spiro atoms. The third-order valence-corrected chi connectivity index (χ3v) is 5.46. The van der Waals surface area contributed by atoms with Crippen molar-refractivity contribution >= 4 is 5.91 Å². The maximum Gasteiger partial charge on any atom is 0.223 e. The van der Waals surface area contributed by atoms with Gasteiger partial charge >= 0.3 is 0 Å². The lowest BCUT2D eigenvalue weighted by Gasteiger charge is -2.28. The van der Waals surface area contributed by atoms with Crippen molar-refractivity contribution in [3.05, 3.63) is 23.8 Å². The summed E-state index contributed by atoms with van der Waals surface area (Å²) in [6.45, 7) is 4.35. The lowest BCUT2D eigenvalue weighted by Crippen LogP contribution is -2.42. The average molecular weight is 346 g/mol. The first-order chi connectivity index (χ1) is 12.2. The Labute approximate surface area is 150 Å². The second-order valence-electron chi connectivity index (χ2n) is 7.07. The molecule has 3 rings (SSSR count). The largest absolute Gasteiger partial charge is 0.497 e. The average Bonchev–Trinajstić information content (AvgIpc) is 3.31. The summed E-state index contributed by atoms with van der Waals surface area (Å²) in [6.07, 6.45) is 6.09. The van der Waals surface area contributed by atoms with Gasteiger partial charge in [-0.3, -0.25) is 4.79 Å². The number of ether oxygens (including phenoxy) is 2. The first-order valence-corrected chi connectivity index (χ1v) is 9.44. The highest BCUT2D eigenvalue weighted by Gasteiger charge is 2.30. The highest BCUT2D eigenvalue weighted by Crippen LogP contribution is 2.26. The molecule has 2 heterocycles. The fourth-order valence-corrected chi connectivity index (χ4v) is 4.08. The van der Waals surface area contributed by atoms with Crippen LogP contribution in [0.1, 0.15) is 37.7 Å². The predicted molar refractivity (Wildman–Crippen MR) is 98.3 cm³/mol. The summed E-state index contributed by atoms with van der Waals surface area (Å²) in [5.41, 5.74) is 1.03. The van der Waals surface area contributed by atoms with E-state index < -0.39 is 0 Å². The Bertz CT molecular complexity index is 584. The molecule has 5 heteroatoms. The smallest absolute Gasteiger partial charge is 0.223 e. The second kappa shape index (κ2) is 8.56. The summed E-state index contributed by atoms with van der Waals surface area (Å²) in [5, 5.41) is 0. The Morgan fingerprint density at radius 3 is 2.64 bits per heavy atom. The van der Waals surface area contributed by atoms with Crippen LogP contribution in [0.2, 0.25) is 0 Å². The number of carbonyl (C=O) groups excluding carboxylic acids is 1. The van der Waals surface area contributed by atoms with Crippen LogP contribution in [0.5, 0.6) is 11.5 Å². The van der Waals surface area contributed by atoms with Crippen LogP contribution < -0.4 is 9.47 Å². The van der Waals surface area contributed by atoms with E-state index in [9.17, 15) is 4.79 Å². The molecule has 1 aromatic rings. The lowest BCUT2D eigenvalue weighted by atomic mass is 10.1. The molecule has 138 valence electrons. The van der Waals surface area contributed by atoms with Gasteiger partial charge in [0.05, 0.1) is 14.2 Å². The molecule has 0 saturated carbocycles. The molecular formula is C20H30N2O3. The zero-order chi connectivity index (χ0) is 17.6. The fraction of sp³-hybridized carbons (Fsp3) is 0.650. The number of hydrogen-bond acceptors (Lipinski definition) is 4. The molecule has 1 amide bonds. The minimum absolute atomic E-state index is 0.270. The van der Waals surface area contributed by atoms with Crippen LogP contribution in [0.4, 0.5) is 0 Å². The van der Waals surface area contributed by atoms with Gasteiger partial charge in [-0.15, -0.1) is 0 Å². The molecule has 0 bridgehead atoms. The number of amides is 1. The number of methoxy groups -OCH3 is 2. The van der Waals surface area contributed by atoms with Gasteiger partial charge < -0.3 is 19.3 Å². The van der Waals surface area contributed by atoms with Crippen molar-refractivity contribution in [2.24, 2.45) is 0 Å². The Hall–Kier alpha value is -1.75. The van der Waals surface area contributed by atoms with Gasteiger partial charge in [-0.2, -0.15) is 0 Å². The molecule has 0 aromatic heterocycles. The van der Waals surface area contributed by atoms with E-state index in [0.717, 1.165) is 43.0 Å². The Morgan fingerprint density at radius 1 is 1.12 bits per heavy atom. The first-order valence-electron chi connectivity index (χ1n) is 9.44. The van der Waals surface area contributed by atoms with Crippen LogP contribution in [0.15, 0.2) is 18.2 Å². The van der Waals surface area contributed by atoms with Crippen LogP contribution in [-0.2, 0) is 11.2 Å². The van der Waals surface area contributed by atoms with E-state index in [0.29, 0.717) is 18.9 Å². The number of aryl methyl sites for hydroxylation is 1. The van der Waals surface area contributed by atoms with Gasteiger partial charge in [0.2, 0.25) is 5.91 Å². The predicted octanol–water partition coefficient (Wildman–Crippen LogP) is 2.72. The number of benzene rings is 1. The molecule has 2 aliphatic heterocycles. The van der Waals surface area contributed by atoms with Crippen molar-refractivity contribution in [1.29, 1.82) is 0 Å². The van der Waals surface area contributed by atoms with Gasteiger partial charge in [0.25, 0.3) is 0 Å². The van der Waals surface area contributed by atoms with Gasteiger partial charge in [-0.05, 0) is 69.0 Å². The van der Waals surface area contributed by atoms with Crippen molar-refractivity contribution in [3.8, 4) is 11.5 Å². The van der Waals surface area contributed by atoms with Crippen LogP contribution in [0.3, 0.4) is 0 Å². The van der Waals surface area contributed by atoms with E-state index in [2.05, 4.69) is 9.80 Å². The third kappa shape index (κ3) is 4.46. The monoisotopic (exact) mass is 346 g/mol. The van der Waals surface area contributed by atoms with E-state index in [1.54, 1.807) is 14.2 Å². The maximum absolute atomic E-state index is 12.8. The zero-order valence-electron chi connectivity index (χ0n) is 15.5. The lowest BCUT2D eigenvalue weighted by molar-refractivity contribution is -0.132. The van der Waals surface area contributed by atoms with Gasteiger partial charge in [0.15, 0.2) is 0 Å². The highest BCUT2D eigenvalue weighted by atomic mass is 16.5. The SMILES string of the molecule is COc1ccc(OC)c(CCC(=O)N2CCCC2CN2CCCC2)c1. The van der Waals surface area contributed by atoms with Crippen LogP contribution in [-0.4, -0.2) is 62.1 Å². The molecule has 2 fully saturated rings. The van der Waals surface area contributed by atoms with E-state index in [-0.39, 0.29) is 5.91 Å². The molecule has 0 aliphatic carbocycles. The van der Waals surface area contributed by atoms with Gasteiger partial charge in [-0.25, -0.2) is 0 Å². The maximum atomic E-state index is 12.8. The molecule has 1 unspecified atom stereocenters. The summed E-state index contributed by atoms with van der Waals surface area (Å²) >= 11 is 0. The summed E-state index contributed by atoms with van der Waals surface area (Å²) in [7, 11) is 3.32. The zero-order valence-corrected chi connectivity index (χ0v) is 15.5. The number of carbonyl (C=O) groups is 1. The molecule has 5 nitrogen and oxygen atoms in total. The Balaban J connectivity index is 1.58. The van der Waals surface area contributed by atoms with Crippen molar-refractivity contribution < 1.29 is 14.3 Å². The molecule has 1 atom stereocenters. The van der Waals surface area contributed by atoms with Crippen molar-refractivity contribution in [3.63, 3.8) is 0 Å². The molecule has 2 saturated heterocycles.